The van der Waals surface area contributed by atoms with Gasteiger partial charge in [-0.15, -0.1) is 0 Å². The molecular formula is C17H11BrClN3O2. The van der Waals surface area contributed by atoms with Crippen LogP contribution in [0, 0.1) is 0 Å². The molecule has 0 aliphatic rings. The van der Waals surface area contributed by atoms with Gasteiger partial charge in [0.05, 0.1) is 16.8 Å². The number of furan rings is 1. The molecule has 0 saturated carbocycles. The summed E-state index contributed by atoms with van der Waals surface area (Å²) in [5.41, 5.74) is 3.61. The van der Waals surface area contributed by atoms with Crippen molar-refractivity contribution in [1.29, 1.82) is 0 Å². The summed E-state index contributed by atoms with van der Waals surface area (Å²) in [7, 11) is 0. The normalized spacial score (nSPS) is 10.9. The van der Waals surface area contributed by atoms with Gasteiger partial charge in [0, 0.05) is 22.4 Å². The molecule has 0 spiro atoms. The fraction of sp³-hybridized carbons (Fsp3) is 0. The molecule has 1 aromatic carbocycles. The molecule has 2 aromatic heterocycles. The number of carbonyl (C=O) groups excluding carboxylic acids is 1. The molecule has 3 aromatic rings. The Balaban J connectivity index is 1.68. The summed E-state index contributed by atoms with van der Waals surface area (Å²) >= 11 is 9.39. The summed E-state index contributed by atoms with van der Waals surface area (Å²) in [5, 5.41) is 4.49. The first kappa shape index (κ1) is 16.4. The maximum Gasteiger partial charge on any atom is 0.272 e. The molecule has 0 unspecified atom stereocenters. The second-order valence-corrected chi connectivity index (χ2v) is 6.10. The quantitative estimate of drug-likeness (QED) is 0.513. The Hall–Kier alpha value is -2.44. The number of hydrogen-bond donors (Lipinski definition) is 1. The molecule has 0 aliphatic heterocycles. The van der Waals surface area contributed by atoms with E-state index in [0.717, 1.165) is 10.0 Å². The minimum atomic E-state index is -0.363. The number of hydrogen-bond acceptors (Lipinski definition) is 4. The predicted molar refractivity (Wildman–Crippen MR) is 96.2 cm³/mol. The lowest BCUT2D eigenvalue weighted by molar-refractivity contribution is 0.0954. The lowest BCUT2D eigenvalue weighted by Crippen LogP contribution is -2.17. The standard InChI is InChI=1S/C17H11BrClN3O2/c18-12-7-11(8-20-9-12)17(23)22-21-10-13-5-6-16(24-13)14-3-1-2-4-15(14)19/h1-10H,(H,22,23)/b21-10-. The van der Waals surface area contributed by atoms with Crippen LogP contribution in [0.3, 0.4) is 0 Å². The van der Waals surface area contributed by atoms with E-state index < -0.39 is 0 Å². The van der Waals surface area contributed by atoms with Crippen LogP contribution in [-0.2, 0) is 0 Å². The average molecular weight is 405 g/mol. The van der Waals surface area contributed by atoms with Gasteiger partial charge < -0.3 is 4.42 Å². The molecule has 7 heteroatoms. The number of amides is 1. The van der Waals surface area contributed by atoms with Crippen molar-refractivity contribution in [3.05, 3.63) is 75.7 Å². The highest BCUT2D eigenvalue weighted by Crippen LogP contribution is 2.28. The molecule has 0 bridgehead atoms. The van der Waals surface area contributed by atoms with Gasteiger partial charge in [-0.2, -0.15) is 5.10 Å². The van der Waals surface area contributed by atoms with Gasteiger partial charge in [0.25, 0.3) is 5.91 Å². The first-order valence-electron chi connectivity index (χ1n) is 6.92. The van der Waals surface area contributed by atoms with Crippen molar-refractivity contribution in [3.63, 3.8) is 0 Å². The van der Waals surface area contributed by atoms with Crippen LogP contribution in [0.1, 0.15) is 16.1 Å². The fourth-order valence-corrected chi connectivity index (χ4v) is 2.58. The van der Waals surface area contributed by atoms with Crippen molar-refractivity contribution in [1.82, 2.24) is 10.4 Å². The van der Waals surface area contributed by atoms with Crippen molar-refractivity contribution in [2.45, 2.75) is 0 Å². The molecule has 24 heavy (non-hydrogen) atoms. The van der Waals surface area contributed by atoms with Crippen LogP contribution in [0.15, 0.2) is 68.8 Å². The summed E-state index contributed by atoms with van der Waals surface area (Å²) in [6.07, 6.45) is 4.47. The second-order valence-electron chi connectivity index (χ2n) is 4.77. The smallest absolute Gasteiger partial charge is 0.272 e. The van der Waals surface area contributed by atoms with Gasteiger partial charge in [0.15, 0.2) is 0 Å². The Kier molecular flexibility index (Phi) is 5.08. The molecule has 3 rings (SSSR count). The number of carbonyl (C=O) groups is 1. The van der Waals surface area contributed by atoms with E-state index in [0.29, 0.717) is 22.1 Å². The Morgan fingerprint density at radius 3 is 2.88 bits per heavy atom. The van der Waals surface area contributed by atoms with Crippen molar-refractivity contribution in [2.24, 2.45) is 5.10 Å². The molecule has 120 valence electrons. The van der Waals surface area contributed by atoms with E-state index in [-0.39, 0.29) is 5.91 Å². The van der Waals surface area contributed by atoms with Gasteiger partial charge in [-0.1, -0.05) is 23.7 Å². The monoisotopic (exact) mass is 403 g/mol. The fourth-order valence-electron chi connectivity index (χ4n) is 1.98. The second kappa shape index (κ2) is 7.42. The zero-order chi connectivity index (χ0) is 16.9. The molecule has 0 atom stereocenters. The van der Waals surface area contributed by atoms with Crippen LogP contribution in [0.25, 0.3) is 11.3 Å². The molecular weight excluding hydrogens is 394 g/mol. The zero-order valence-electron chi connectivity index (χ0n) is 12.2. The maximum absolute atomic E-state index is 11.9. The Labute approximate surface area is 151 Å². The number of halogens is 2. The average Bonchev–Trinajstić information content (AvgIpc) is 3.04. The number of hydrazone groups is 1. The van der Waals surface area contributed by atoms with Crippen LogP contribution in [0.4, 0.5) is 0 Å². The van der Waals surface area contributed by atoms with Crippen LogP contribution >= 0.6 is 27.5 Å². The lowest BCUT2D eigenvalue weighted by Gasteiger charge is -1.99. The molecule has 1 N–H and O–H groups in total. The number of pyridine rings is 1. The molecule has 0 saturated heterocycles. The van der Waals surface area contributed by atoms with Crippen LogP contribution in [0.5, 0.6) is 0 Å². The number of rotatable bonds is 4. The molecule has 5 nitrogen and oxygen atoms in total. The van der Waals surface area contributed by atoms with Gasteiger partial charge in [-0.3, -0.25) is 9.78 Å². The zero-order valence-corrected chi connectivity index (χ0v) is 14.6. The number of nitrogens with one attached hydrogen (secondary N) is 1. The molecule has 1 amide bonds. The molecule has 0 fully saturated rings. The largest absolute Gasteiger partial charge is 0.455 e. The van der Waals surface area contributed by atoms with Gasteiger partial charge in [0.1, 0.15) is 11.5 Å². The third-order valence-electron chi connectivity index (χ3n) is 3.09. The summed E-state index contributed by atoms with van der Waals surface area (Å²) < 4.78 is 6.37. The summed E-state index contributed by atoms with van der Waals surface area (Å²) in [4.78, 5) is 15.9. The first-order valence-corrected chi connectivity index (χ1v) is 8.09. The van der Waals surface area contributed by atoms with Crippen molar-refractivity contribution in [3.8, 4) is 11.3 Å². The van der Waals surface area contributed by atoms with E-state index in [9.17, 15) is 4.79 Å². The maximum atomic E-state index is 11.9. The van der Waals surface area contributed by atoms with Crippen LogP contribution < -0.4 is 5.43 Å². The SMILES string of the molecule is O=C(N/N=C\c1ccc(-c2ccccc2Cl)o1)c1cncc(Br)c1. The van der Waals surface area contributed by atoms with E-state index in [1.54, 1.807) is 30.5 Å². The Bertz CT molecular complexity index is 908. The summed E-state index contributed by atoms with van der Waals surface area (Å²) in [6, 6.07) is 12.6. The van der Waals surface area contributed by atoms with E-state index >= 15 is 0 Å². The van der Waals surface area contributed by atoms with Crippen LogP contribution in [0.2, 0.25) is 5.02 Å². The van der Waals surface area contributed by atoms with Gasteiger partial charge >= 0.3 is 0 Å². The minimum Gasteiger partial charge on any atom is -0.455 e. The minimum absolute atomic E-state index is 0.363. The highest BCUT2D eigenvalue weighted by molar-refractivity contribution is 9.10. The summed E-state index contributed by atoms with van der Waals surface area (Å²) in [6.45, 7) is 0. The molecule has 0 aliphatic carbocycles. The van der Waals surface area contributed by atoms with Crippen molar-refractivity contribution >= 4 is 39.7 Å². The van der Waals surface area contributed by atoms with E-state index in [4.69, 9.17) is 16.0 Å². The third-order valence-corrected chi connectivity index (χ3v) is 3.85. The van der Waals surface area contributed by atoms with E-state index in [2.05, 4.69) is 31.4 Å². The molecule has 2 heterocycles. The topological polar surface area (TPSA) is 67.5 Å². The van der Waals surface area contributed by atoms with Crippen LogP contribution in [-0.4, -0.2) is 17.1 Å². The number of nitrogens with zero attached hydrogens (tertiary/aromatic N) is 2. The first-order chi connectivity index (χ1) is 11.6. The van der Waals surface area contributed by atoms with Crippen molar-refractivity contribution in [2.75, 3.05) is 0 Å². The summed E-state index contributed by atoms with van der Waals surface area (Å²) in [5.74, 6) is 0.764. The highest BCUT2D eigenvalue weighted by Gasteiger charge is 2.08. The number of aromatic nitrogens is 1. The van der Waals surface area contributed by atoms with Crippen molar-refractivity contribution < 1.29 is 9.21 Å². The Morgan fingerprint density at radius 2 is 2.08 bits per heavy atom. The van der Waals surface area contributed by atoms with E-state index in [1.165, 1.54) is 12.4 Å². The third kappa shape index (κ3) is 3.90. The predicted octanol–water partition coefficient (Wildman–Crippen LogP) is 4.52. The van der Waals surface area contributed by atoms with Gasteiger partial charge in [-0.05, 0) is 46.3 Å². The number of benzene rings is 1. The van der Waals surface area contributed by atoms with Gasteiger partial charge in [-0.25, -0.2) is 5.43 Å². The van der Waals surface area contributed by atoms with Gasteiger partial charge in [0.2, 0.25) is 0 Å². The Morgan fingerprint density at radius 1 is 1.25 bits per heavy atom. The highest BCUT2D eigenvalue weighted by atomic mass is 79.9. The van der Waals surface area contributed by atoms with E-state index in [1.807, 2.05) is 18.2 Å². The lowest BCUT2D eigenvalue weighted by atomic mass is 10.2. The molecule has 0 radical (unpaired) electrons.